The standard InChI is InChI=1S/C12H17FN2O/c1-2-12-11(13)4-3-9(15-12)7-14-10-5-6-16-8-10/h3-4,10,14H,2,5-8H2,1H3/t10-/m0/s1. The third-order valence-electron chi connectivity index (χ3n) is 2.81. The zero-order chi connectivity index (χ0) is 11.4. The van der Waals surface area contributed by atoms with Crippen molar-refractivity contribution in [1.82, 2.24) is 10.3 Å². The zero-order valence-corrected chi connectivity index (χ0v) is 9.50. The number of hydrogen-bond donors (Lipinski definition) is 1. The van der Waals surface area contributed by atoms with E-state index >= 15 is 0 Å². The second-order valence-electron chi connectivity index (χ2n) is 4.03. The second kappa shape index (κ2) is 5.37. The van der Waals surface area contributed by atoms with Crippen molar-refractivity contribution in [2.45, 2.75) is 32.4 Å². The molecule has 0 bridgehead atoms. The van der Waals surface area contributed by atoms with Crippen LogP contribution >= 0.6 is 0 Å². The lowest BCUT2D eigenvalue weighted by Gasteiger charge is -2.10. The minimum atomic E-state index is -0.213. The van der Waals surface area contributed by atoms with E-state index in [1.165, 1.54) is 6.07 Å². The van der Waals surface area contributed by atoms with E-state index in [1.807, 2.05) is 6.92 Å². The van der Waals surface area contributed by atoms with Crippen LogP contribution in [-0.4, -0.2) is 24.2 Å². The molecule has 4 heteroatoms. The molecule has 1 saturated heterocycles. The van der Waals surface area contributed by atoms with Gasteiger partial charge in [0.1, 0.15) is 5.82 Å². The number of nitrogens with zero attached hydrogens (tertiary/aromatic N) is 1. The lowest BCUT2D eigenvalue weighted by Crippen LogP contribution is -2.29. The lowest BCUT2D eigenvalue weighted by molar-refractivity contribution is 0.189. The number of rotatable bonds is 4. The number of halogens is 1. The maximum atomic E-state index is 13.2. The second-order valence-corrected chi connectivity index (χ2v) is 4.03. The van der Waals surface area contributed by atoms with Gasteiger partial charge in [0.05, 0.1) is 18.0 Å². The predicted molar refractivity (Wildman–Crippen MR) is 59.6 cm³/mol. The first-order chi connectivity index (χ1) is 7.79. The third-order valence-corrected chi connectivity index (χ3v) is 2.81. The number of pyridine rings is 1. The molecule has 0 aliphatic carbocycles. The van der Waals surface area contributed by atoms with Gasteiger partial charge in [-0.1, -0.05) is 6.92 Å². The summed E-state index contributed by atoms with van der Waals surface area (Å²) in [5.41, 5.74) is 1.44. The number of hydrogen-bond acceptors (Lipinski definition) is 3. The molecule has 88 valence electrons. The summed E-state index contributed by atoms with van der Waals surface area (Å²) in [6.07, 6.45) is 1.67. The van der Waals surface area contributed by atoms with Crippen LogP contribution in [0.15, 0.2) is 12.1 Å². The van der Waals surface area contributed by atoms with Gasteiger partial charge >= 0.3 is 0 Å². The summed E-state index contributed by atoms with van der Waals surface area (Å²) in [5, 5.41) is 3.36. The van der Waals surface area contributed by atoms with Crippen molar-refractivity contribution < 1.29 is 9.13 Å². The van der Waals surface area contributed by atoms with Crippen LogP contribution < -0.4 is 5.32 Å². The van der Waals surface area contributed by atoms with Crippen LogP contribution in [0.5, 0.6) is 0 Å². The Morgan fingerprint density at radius 1 is 1.56 bits per heavy atom. The van der Waals surface area contributed by atoms with Crippen LogP contribution in [0, 0.1) is 5.82 Å². The van der Waals surface area contributed by atoms with E-state index in [1.54, 1.807) is 6.07 Å². The van der Waals surface area contributed by atoms with E-state index < -0.39 is 0 Å². The molecule has 0 unspecified atom stereocenters. The highest BCUT2D eigenvalue weighted by molar-refractivity contribution is 5.13. The quantitative estimate of drug-likeness (QED) is 0.844. The lowest BCUT2D eigenvalue weighted by atomic mass is 10.2. The highest BCUT2D eigenvalue weighted by Crippen LogP contribution is 2.08. The summed E-state index contributed by atoms with van der Waals surface area (Å²) in [6, 6.07) is 3.64. The van der Waals surface area contributed by atoms with E-state index in [0.29, 0.717) is 24.7 Å². The zero-order valence-electron chi connectivity index (χ0n) is 9.50. The van der Waals surface area contributed by atoms with Gasteiger partial charge in [-0.2, -0.15) is 0 Å². The Morgan fingerprint density at radius 3 is 3.12 bits per heavy atom. The highest BCUT2D eigenvalue weighted by Gasteiger charge is 2.14. The minimum Gasteiger partial charge on any atom is -0.380 e. The monoisotopic (exact) mass is 224 g/mol. The number of aryl methyl sites for hydroxylation is 1. The van der Waals surface area contributed by atoms with Gasteiger partial charge in [0.25, 0.3) is 0 Å². The Bertz CT molecular complexity index is 351. The summed E-state index contributed by atoms with van der Waals surface area (Å²) in [6.45, 7) is 4.19. The van der Waals surface area contributed by atoms with Gasteiger partial charge in [-0.25, -0.2) is 4.39 Å². The molecule has 0 radical (unpaired) electrons. The van der Waals surface area contributed by atoms with E-state index in [4.69, 9.17) is 4.74 Å². The Balaban J connectivity index is 1.93. The van der Waals surface area contributed by atoms with E-state index in [9.17, 15) is 4.39 Å². The average Bonchev–Trinajstić information content (AvgIpc) is 2.81. The summed E-state index contributed by atoms with van der Waals surface area (Å²) in [7, 11) is 0. The van der Waals surface area contributed by atoms with Crippen LogP contribution in [-0.2, 0) is 17.7 Å². The average molecular weight is 224 g/mol. The molecule has 0 spiro atoms. The van der Waals surface area contributed by atoms with Gasteiger partial charge in [-0.15, -0.1) is 0 Å². The van der Waals surface area contributed by atoms with Crippen LogP contribution in [0.25, 0.3) is 0 Å². The first-order valence-electron chi connectivity index (χ1n) is 5.75. The van der Waals surface area contributed by atoms with Crippen molar-refractivity contribution in [3.8, 4) is 0 Å². The van der Waals surface area contributed by atoms with Gasteiger partial charge in [0, 0.05) is 19.2 Å². The van der Waals surface area contributed by atoms with Crippen LogP contribution in [0.2, 0.25) is 0 Å². The van der Waals surface area contributed by atoms with Crippen LogP contribution in [0.1, 0.15) is 24.7 Å². The number of aromatic nitrogens is 1. The Morgan fingerprint density at radius 2 is 2.44 bits per heavy atom. The number of nitrogens with one attached hydrogen (secondary N) is 1. The molecular weight excluding hydrogens is 207 g/mol. The minimum absolute atomic E-state index is 0.213. The molecule has 1 fully saturated rings. The van der Waals surface area contributed by atoms with Gasteiger partial charge < -0.3 is 10.1 Å². The fourth-order valence-electron chi connectivity index (χ4n) is 1.82. The smallest absolute Gasteiger partial charge is 0.144 e. The fraction of sp³-hybridized carbons (Fsp3) is 0.583. The maximum Gasteiger partial charge on any atom is 0.144 e. The largest absolute Gasteiger partial charge is 0.380 e. The summed E-state index contributed by atoms with van der Waals surface area (Å²) >= 11 is 0. The van der Waals surface area contributed by atoms with Gasteiger partial charge in [-0.3, -0.25) is 4.98 Å². The summed E-state index contributed by atoms with van der Waals surface area (Å²) in [5.74, 6) is -0.213. The fourth-order valence-corrected chi connectivity index (χ4v) is 1.82. The molecule has 0 amide bonds. The molecule has 1 aliphatic heterocycles. The third kappa shape index (κ3) is 2.77. The molecule has 1 N–H and O–H groups in total. The molecule has 1 aliphatic rings. The van der Waals surface area contributed by atoms with Crippen molar-refractivity contribution in [3.05, 3.63) is 29.3 Å². The van der Waals surface area contributed by atoms with Crippen LogP contribution in [0.4, 0.5) is 4.39 Å². The van der Waals surface area contributed by atoms with E-state index in [2.05, 4.69) is 10.3 Å². The summed E-state index contributed by atoms with van der Waals surface area (Å²) in [4.78, 5) is 4.27. The van der Waals surface area contributed by atoms with Crippen molar-refractivity contribution >= 4 is 0 Å². The van der Waals surface area contributed by atoms with Gasteiger partial charge in [0.15, 0.2) is 0 Å². The Hall–Kier alpha value is -1.00. The van der Waals surface area contributed by atoms with Crippen molar-refractivity contribution in [2.75, 3.05) is 13.2 Å². The van der Waals surface area contributed by atoms with Gasteiger partial charge in [0.2, 0.25) is 0 Å². The van der Waals surface area contributed by atoms with E-state index in [0.717, 1.165) is 25.3 Å². The van der Waals surface area contributed by atoms with Crippen LogP contribution in [0.3, 0.4) is 0 Å². The normalized spacial score (nSPS) is 20.2. The van der Waals surface area contributed by atoms with Crippen molar-refractivity contribution in [2.24, 2.45) is 0 Å². The molecule has 1 atom stereocenters. The first-order valence-corrected chi connectivity index (χ1v) is 5.75. The van der Waals surface area contributed by atoms with Crippen molar-refractivity contribution in [1.29, 1.82) is 0 Å². The molecule has 2 heterocycles. The molecule has 2 rings (SSSR count). The van der Waals surface area contributed by atoms with Gasteiger partial charge in [-0.05, 0) is 25.0 Å². The molecule has 3 nitrogen and oxygen atoms in total. The van der Waals surface area contributed by atoms with E-state index in [-0.39, 0.29) is 5.82 Å². The first kappa shape index (κ1) is 11.5. The van der Waals surface area contributed by atoms with Crippen molar-refractivity contribution in [3.63, 3.8) is 0 Å². The predicted octanol–water partition coefficient (Wildman–Crippen LogP) is 1.66. The Labute approximate surface area is 95.0 Å². The molecule has 0 saturated carbocycles. The summed E-state index contributed by atoms with van der Waals surface area (Å²) < 4.78 is 18.5. The molecule has 16 heavy (non-hydrogen) atoms. The molecule has 1 aromatic heterocycles. The Kier molecular flexibility index (Phi) is 3.85. The molecule has 0 aromatic carbocycles. The topological polar surface area (TPSA) is 34.2 Å². The number of ether oxygens (including phenoxy) is 1. The molecular formula is C12H17FN2O. The molecule has 1 aromatic rings. The highest BCUT2D eigenvalue weighted by atomic mass is 19.1. The SMILES string of the molecule is CCc1nc(CN[C@H]2CCOC2)ccc1F. The maximum absolute atomic E-state index is 13.2.